The molecule has 5 nitrogen and oxygen atoms in total. The first-order valence-electron chi connectivity index (χ1n) is 6.04. The number of hydrogen-bond donors (Lipinski definition) is 1. The number of carboxylic acid groups (broad SMARTS) is 1. The van der Waals surface area contributed by atoms with Gasteiger partial charge in [0.05, 0.1) is 5.52 Å². The number of benzene rings is 1. The average molecular weight is 275 g/mol. The van der Waals surface area contributed by atoms with E-state index >= 15 is 0 Å². The van der Waals surface area contributed by atoms with Crippen LogP contribution in [0, 0.1) is 0 Å². The summed E-state index contributed by atoms with van der Waals surface area (Å²) in [5, 5.41) is 10.2. The quantitative estimate of drug-likeness (QED) is 0.898. The van der Waals surface area contributed by atoms with E-state index in [1.54, 1.807) is 11.8 Å². The van der Waals surface area contributed by atoms with Crippen LogP contribution < -0.4 is 4.90 Å². The lowest BCUT2D eigenvalue weighted by Crippen LogP contribution is -2.47. The summed E-state index contributed by atoms with van der Waals surface area (Å²) in [6, 6.07) is 7.17. The minimum Gasteiger partial charge on any atom is -0.480 e. The van der Waals surface area contributed by atoms with E-state index in [4.69, 9.17) is 0 Å². The Balaban J connectivity index is 2.09. The van der Waals surface area contributed by atoms with E-state index in [2.05, 4.69) is 9.97 Å². The van der Waals surface area contributed by atoms with Crippen molar-refractivity contribution in [1.82, 2.24) is 9.97 Å². The zero-order valence-electron chi connectivity index (χ0n) is 10.2. The van der Waals surface area contributed by atoms with Gasteiger partial charge in [-0.2, -0.15) is 11.8 Å². The van der Waals surface area contributed by atoms with E-state index in [9.17, 15) is 9.90 Å². The van der Waals surface area contributed by atoms with Crippen LogP contribution in [0.25, 0.3) is 10.9 Å². The molecule has 2 aromatic rings. The highest BCUT2D eigenvalue weighted by Gasteiger charge is 2.30. The molecule has 98 valence electrons. The van der Waals surface area contributed by atoms with Crippen molar-refractivity contribution in [2.45, 2.75) is 6.04 Å². The van der Waals surface area contributed by atoms with Gasteiger partial charge in [0.2, 0.25) is 0 Å². The molecule has 6 heteroatoms. The first-order valence-corrected chi connectivity index (χ1v) is 7.20. The van der Waals surface area contributed by atoms with Gasteiger partial charge in [0, 0.05) is 23.4 Å². The molecule has 1 unspecified atom stereocenters. The minimum absolute atomic E-state index is 0.517. The molecule has 0 amide bonds. The second kappa shape index (κ2) is 5.05. The molecular weight excluding hydrogens is 262 g/mol. The Morgan fingerprint density at radius 2 is 2.21 bits per heavy atom. The maximum Gasteiger partial charge on any atom is 0.327 e. The topological polar surface area (TPSA) is 66.3 Å². The Morgan fingerprint density at radius 3 is 3.05 bits per heavy atom. The van der Waals surface area contributed by atoms with Crippen LogP contribution in [0.2, 0.25) is 0 Å². The number of fused-ring (bicyclic) bond motifs is 1. The maximum atomic E-state index is 11.4. The number of aliphatic carboxylic acids is 1. The number of aromatic nitrogens is 2. The molecule has 1 saturated heterocycles. The lowest BCUT2D eigenvalue weighted by atomic mass is 10.2. The number of carboxylic acids is 1. The molecule has 0 bridgehead atoms. The van der Waals surface area contributed by atoms with Crippen LogP contribution in [-0.2, 0) is 4.79 Å². The summed E-state index contributed by atoms with van der Waals surface area (Å²) in [5.41, 5.74) is 0.842. The lowest BCUT2D eigenvalue weighted by molar-refractivity contribution is -0.138. The van der Waals surface area contributed by atoms with E-state index in [0.717, 1.165) is 22.5 Å². The Hall–Kier alpha value is -1.82. The molecule has 1 fully saturated rings. The van der Waals surface area contributed by atoms with Gasteiger partial charge < -0.3 is 10.0 Å². The van der Waals surface area contributed by atoms with Crippen LogP contribution in [0.4, 0.5) is 5.82 Å². The highest BCUT2D eigenvalue weighted by molar-refractivity contribution is 7.99. The van der Waals surface area contributed by atoms with Gasteiger partial charge in [-0.1, -0.05) is 12.1 Å². The fourth-order valence-corrected chi connectivity index (χ4v) is 3.32. The highest BCUT2D eigenvalue weighted by Crippen LogP contribution is 2.28. The molecule has 0 saturated carbocycles. The molecule has 19 heavy (non-hydrogen) atoms. The lowest BCUT2D eigenvalue weighted by Gasteiger charge is -2.34. The van der Waals surface area contributed by atoms with E-state index in [0.29, 0.717) is 12.3 Å². The molecule has 2 heterocycles. The smallest absolute Gasteiger partial charge is 0.327 e. The minimum atomic E-state index is -0.796. The first-order chi connectivity index (χ1) is 9.27. The molecule has 0 spiro atoms. The van der Waals surface area contributed by atoms with Gasteiger partial charge in [0.1, 0.15) is 18.2 Å². The molecule has 1 aromatic heterocycles. The summed E-state index contributed by atoms with van der Waals surface area (Å²) in [6.07, 6.45) is 1.50. The summed E-state index contributed by atoms with van der Waals surface area (Å²) in [4.78, 5) is 21.8. The van der Waals surface area contributed by atoms with Gasteiger partial charge in [-0.3, -0.25) is 0 Å². The summed E-state index contributed by atoms with van der Waals surface area (Å²) in [5.74, 6) is 1.43. The molecule has 1 aliphatic heterocycles. The molecule has 0 radical (unpaired) electrons. The van der Waals surface area contributed by atoms with Gasteiger partial charge in [0.25, 0.3) is 0 Å². The second-order valence-corrected chi connectivity index (χ2v) is 5.49. The molecule has 3 rings (SSSR count). The van der Waals surface area contributed by atoms with Crippen molar-refractivity contribution in [3.8, 4) is 0 Å². The molecule has 1 N–H and O–H groups in total. The van der Waals surface area contributed by atoms with Crippen molar-refractivity contribution >= 4 is 34.5 Å². The van der Waals surface area contributed by atoms with Gasteiger partial charge in [-0.25, -0.2) is 14.8 Å². The predicted molar refractivity (Wildman–Crippen MR) is 75.6 cm³/mol. The SMILES string of the molecule is O=C(O)C1CSCCN1c1ncnc2ccccc12. The zero-order valence-corrected chi connectivity index (χ0v) is 11.0. The Morgan fingerprint density at radius 1 is 1.37 bits per heavy atom. The summed E-state index contributed by atoms with van der Waals surface area (Å²) in [6.45, 7) is 0.697. The normalized spacial score (nSPS) is 19.6. The van der Waals surface area contributed by atoms with Crippen molar-refractivity contribution in [3.63, 3.8) is 0 Å². The number of hydrogen-bond acceptors (Lipinski definition) is 5. The van der Waals surface area contributed by atoms with Gasteiger partial charge in [0.15, 0.2) is 0 Å². The average Bonchev–Trinajstić information content (AvgIpc) is 2.46. The van der Waals surface area contributed by atoms with Crippen molar-refractivity contribution in [1.29, 1.82) is 0 Å². The van der Waals surface area contributed by atoms with Crippen LogP contribution in [0.3, 0.4) is 0 Å². The number of anilines is 1. The Kier molecular flexibility index (Phi) is 3.25. The number of carbonyl (C=O) groups is 1. The van der Waals surface area contributed by atoms with Crippen molar-refractivity contribution in [3.05, 3.63) is 30.6 Å². The summed E-state index contributed by atoms with van der Waals surface area (Å²) < 4.78 is 0. The van der Waals surface area contributed by atoms with E-state index < -0.39 is 12.0 Å². The van der Waals surface area contributed by atoms with E-state index in [1.807, 2.05) is 29.2 Å². The fraction of sp³-hybridized carbons (Fsp3) is 0.308. The van der Waals surface area contributed by atoms with Crippen LogP contribution in [0.1, 0.15) is 0 Å². The van der Waals surface area contributed by atoms with E-state index in [1.165, 1.54) is 6.33 Å². The zero-order chi connectivity index (χ0) is 13.2. The molecule has 1 aliphatic rings. The van der Waals surface area contributed by atoms with Crippen LogP contribution in [0.5, 0.6) is 0 Å². The summed E-state index contributed by atoms with van der Waals surface area (Å²) in [7, 11) is 0. The van der Waals surface area contributed by atoms with Crippen molar-refractivity contribution < 1.29 is 9.90 Å². The predicted octanol–water partition coefficient (Wildman–Crippen LogP) is 1.64. The Labute approximate surface area is 114 Å². The van der Waals surface area contributed by atoms with Crippen LogP contribution >= 0.6 is 11.8 Å². The first kappa shape index (κ1) is 12.2. The van der Waals surface area contributed by atoms with Crippen LogP contribution in [0.15, 0.2) is 30.6 Å². The fourth-order valence-electron chi connectivity index (χ4n) is 2.28. The maximum absolute atomic E-state index is 11.4. The molecule has 0 aliphatic carbocycles. The molecular formula is C13H13N3O2S. The molecule has 1 aromatic carbocycles. The highest BCUT2D eigenvalue weighted by atomic mass is 32.2. The third-order valence-corrected chi connectivity index (χ3v) is 4.23. The third-order valence-electron chi connectivity index (χ3n) is 3.21. The van der Waals surface area contributed by atoms with Gasteiger partial charge in [-0.15, -0.1) is 0 Å². The summed E-state index contributed by atoms with van der Waals surface area (Å²) >= 11 is 1.67. The van der Waals surface area contributed by atoms with Crippen molar-refractivity contribution in [2.24, 2.45) is 0 Å². The second-order valence-electron chi connectivity index (χ2n) is 4.34. The third kappa shape index (κ3) is 2.23. The number of nitrogens with zero attached hydrogens (tertiary/aromatic N) is 3. The van der Waals surface area contributed by atoms with Gasteiger partial charge in [-0.05, 0) is 12.1 Å². The van der Waals surface area contributed by atoms with E-state index in [-0.39, 0.29) is 0 Å². The monoisotopic (exact) mass is 275 g/mol. The largest absolute Gasteiger partial charge is 0.480 e. The molecule has 1 atom stereocenters. The van der Waals surface area contributed by atoms with Crippen molar-refractivity contribution in [2.75, 3.05) is 23.0 Å². The number of rotatable bonds is 2. The number of thioether (sulfide) groups is 1. The van der Waals surface area contributed by atoms with Crippen LogP contribution in [-0.4, -0.2) is 45.1 Å². The Bertz CT molecular complexity index is 614. The number of para-hydroxylation sites is 1. The van der Waals surface area contributed by atoms with Gasteiger partial charge >= 0.3 is 5.97 Å². The standard InChI is InChI=1S/C13H13N3O2S/c17-13(18)11-7-19-6-5-16(11)12-9-3-1-2-4-10(9)14-8-15-12/h1-4,8,11H,5-7H2,(H,17,18).